The summed E-state index contributed by atoms with van der Waals surface area (Å²) in [6.07, 6.45) is 1.41. The molecule has 0 aromatic heterocycles. The topological polar surface area (TPSA) is 103 Å². The fourth-order valence-electron chi connectivity index (χ4n) is 2.75. The van der Waals surface area contributed by atoms with Crippen molar-refractivity contribution in [2.45, 2.75) is 6.61 Å². The van der Waals surface area contributed by atoms with Crippen LogP contribution in [0.1, 0.15) is 21.5 Å². The summed E-state index contributed by atoms with van der Waals surface area (Å²) in [6.45, 7) is 0.244. The molecule has 0 aliphatic carbocycles. The second kappa shape index (κ2) is 11.1. The Balaban J connectivity index is 1.71. The zero-order valence-corrected chi connectivity index (χ0v) is 20.1. The largest absolute Gasteiger partial charge is 0.493 e. The number of hydrogen-bond donors (Lipinski definition) is 1. The number of benzene rings is 3. The van der Waals surface area contributed by atoms with Crippen LogP contribution in [0, 0.1) is 10.1 Å². The first-order chi connectivity index (χ1) is 15.8. The van der Waals surface area contributed by atoms with Gasteiger partial charge in [-0.2, -0.15) is 5.10 Å². The normalized spacial score (nSPS) is 10.8. The summed E-state index contributed by atoms with van der Waals surface area (Å²) in [5, 5.41) is 15.2. The number of carbonyl (C=O) groups excluding carboxylic acids is 1. The summed E-state index contributed by atoms with van der Waals surface area (Å²) in [6, 6.07) is 14.3. The van der Waals surface area contributed by atoms with Crippen LogP contribution in [0.5, 0.6) is 11.5 Å². The van der Waals surface area contributed by atoms with E-state index in [0.29, 0.717) is 26.6 Å². The number of methoxy groups -OCH3 is 1. The Morgan fingerprint density at radius 1 is 1.18 bits per heavy atom. The van der Waals surface area contributed by atoms with Gasteiger partial charge in [0.2, 0.25) is 0 Å². The highest BCUT2D eigenvalue weighted by Gasteiger charge is 2.15. The Morgan fingerprint density at radius 3 is 2.61 bits per heavy atom. The number of amides is 1. The minimum absolute atomic E-state index is 0.0543. The number of ether oxygens (including phenoxy) is 2. The lowest BCUT2D eigenvalue weighted by Gasteiger charge is -2.14. The molecule has 3 aromatic rings. The fraction of sp³-hybridized carbons (Fsp3) is 0.0909. The third-order valence-corrected chi connectivity index (χ3v) is 5.64. The van der Waals surface area contributed by atoms with Crippen LogP contribution in [0.4, 0.5) is 5.69 Å². The number of hydrogen-bond acceptors (Lipinski definition) is 6. The first kappa shape index (κ1) is 24.5. The average molecular weight is 553 g/mol. The molecule has 0 unspecified atom stereocenters. The fourth-order valence-corrected chi connectivity index (χ4v) is 3.77. The molecule has 1 amide bonds. The van der Waals surface area contributed by atoms with Crippen molar-refractivity contribution in [2.75, 3.05) is 7.11 Å². The quantitative estimate of drug-likeness (QED) is 0.209. The van der Waals surface area contributed by atoms with Crippen LogP contribution in [0.2, 0.25) is 10.0 Å². The highest BCUT2D eigenvalue weighted by atomic mass is 79.9. The number of nitro groups is 1. The van der Waals surface area contributed by atoms with Gasteiger partial charge in [0.25, 0.3) is 11.6 Å². The van der Waals surface area contributed by atoms with E-state index in [1.807, 2.05) is 18.2 Å². The van der Waals surface area contributed by atoms with Crippen molar-refractivity contribution in [1.82, 2.24) is 5.43 Å². The Bertz CT molecular complexity index is 1240. The molecule has 33 heavy (non-hydrogen) atoms. The number of non-ortho nitro benzene ring substituents is 1. The summed E-state index contributed by atoms with van der Waals surface area (Å²) < 4.78 is 11.9. The summed E-state index contributed by atoms with van der Waals surface area (Å²) in [4.78, 5) is 22.5. The van der Waals surface area contributed by atoms with Crippen molar-refractivity contribution in [1.29, 1.82) is 0 Å². The standard InChI is InChI=1S/C22H16BrCl2N3O5/c1-32-20-9-13(8-17(23)21(20)33-12-14-4-2-3-5-18(14)24)11-26-27-22(29)16-7-6-15(28(30)31)10-19(16)25/h2-11H,12H2,1H3,(H,27,29). The number of nitrogens with one attached hydrogen (secondary N) is 1. The van der Waals surface area contributed by atoms with Crippen LogP contribution < -0.4 is 14.9 Å². The molecule has 0 fully saturated rings. The molecule has 11 heteroatoms. The van der Waals surface area contributed by atoms with Crippen LogP contribution in [-0.2, 0) is 6.61 Å². The Labute approximate surface area is 207 Å². The SMILES string of the molecule is COc1cc(C=NNC(=O)c2ccc([N+](=O)[O-])cc2Cl)cc(Br)c1OCc1ccccc1Cl. The maximum Gasteiger partial charge on any atom is 0.272 e. The van der Waals surface area contributed by atoms with E-state index in [-0.39, 0.29) is 22.9 Å². The van der Waals surface area contributed by atoms with Crippen molar-refractivity contribution in [2.24, 2.45) is 5.10 Å². The molecule has 1 N–H and O–H groups in total. The first-order valence-electron chi connectivity index (χ1n) is 9.31. The average Bonchev–Trinajstić information content (AvgIpc) is 2.78. The lowest BCUT2D eigenvalue weighted by Crippen LogP contribution is -2.18. The molecule has 3 aromatic carbocycles. The van der Waals surface area contributed by atoms with Gasteiger partial charge in [0, 0.05) is 22.7 Å². The van der Waals surface area contributed by atoms with Crippen LogP contribution in [0.3, 0.4) is 0 Å². The Kier molecular flexibility index (Phi) is 8.26. The van der Waals surface area contributed by atoms with Crippen molar-refractivity contribution < 1.29 is 19.2 Å². The van der Waals surface area contributed by atoms with Gasteiger partial charge < -0.3 is 9.47 Å². The second-order valence-corrected chi connectivity index (χ2v) is 8.20. The van der Waals surface area contributed by atoms with E-state index in [1.54, 1.807) is 18.2 Å². The second-order valence-electron chi connectivity index (χ2n) is 6.53. The molecule has 8 nitrogen and oxygen atoms in total. The minimum atomic E-state index is -0.614. The number of rotatable bonds is 8. The van der Waals surface area contributed by atoms with E-state index in [2.05, 4.69) is 26.5 Å². The number of nitrogens with zero attached hydrogens (tertiary/aromatic N) is 2. The van der Waals surface area contributed by atoms with E-state index in [1.165, 1.54) is 25.5 Å². The van der Waals surface area contributed by atoms with Gasteiger partial charge in [-0.3, -0.25) is 14.9 Å². The van der Waals surface area contributed by atoms with Gasteiger partial charge in [-0.25, -0.2) is 5.43 Å². The maximum atomic E-state index is 12.3. The van der Waals surface area contributed by atoms with Crippen LogP contribution in [0.15, 0.2) is 64.2 Å². The third-order valence-electron chi connectivity index (χ3n) is 4.37. The first-order valence-corrected chi connectivity index (χ1v) is 10.9. The van der Waals surface area contributed by atoms with Gasteiger partial charge in [-0.05, 0) is 45.8 Å². The Hall–Kier alpha value is -3.14. The van der Waals surface area contributed by atoms with Gasteiger partial charge in [0.05, 0.1) is 33.3 Å². The van der Waals surface area contributed by atoms with Gasteiger partial charge in [-0.1, -0.05) is 41.4 Å². The lowest BCUT2D eigenvalue weighted by atomic mass is 10.2. The number of halogens is 3. The maximum absolute atomic E-state index is 12.3. The molecule has 170 valence electrons. The van der Waals surface area contributed by atoms with Gasteiger partial charge in [0.1, 0.15) is 6.61 Å². The smallest absolute Gasteiger partial charge is 0.272 e. The monoisotopic (exact) mass is 551 g/mol. The molecular weight excluding hydrogens is 537 g/mol. The van der Waals surface area contributed by atoms with Gasteiger partial charge in [0.15, 0.2) is 11.5 Å². The zero-order chi connectivity index (χ0) is 24.0. The molecule has 0 aliphatic heterocycles. The van der Waals surface area contributed by atoms with E-state index >= 15 is 0 Å². The highest BCUT2D eigenvalue weighted by Crippen LogP contribution is 2.37. The minimum Gasteiger partial charge on any atom is -0.493 e. The summed E-state index contributed by atoms with van der Waals surface area (Å²) in [7, 11) is 1.50. The number of hydrazone groups is 1. The van der Waals surface area contributed by atoms with E-state index in [0.717, 1.165) is 11.6 Å². The van der Waals surface area contributed by atoms with Crippen LogP contribution >= 0.6 is 39.1 Å². The number of carbonyl (C=O) groups is 1. The lowest BCUT2D eigenvalue weighted by molar-refractivity contribution is -0.384. The summed E-state index contributed by atoms with van der Waals surface area (Å²) in [5.74, 6) is 0.316. The van der Waals surface area contributed by atoms with E-state index < -0.39 is 10.8 Å². The van der Waals surface area contributed by atoms with Crippen molar-refractivity contribution in [3.05, 3.63) is 95.9 Å². The predicted octanol–water partition coefficient (Wildman–Crippen LogP) is 6.02. The molecule has 0 spiro atoms. The molecule has 0 saturated heterocycles. The molecule has 0 bridgehead atoms. The third kappa shape index (κ3) is 6.22. The van der Waals surface area contributed by atoms with Crippen molar-refractivity contribution in [3.63, 3.8) is 0 Å². The predicted molar refractivity (Wildman–Crippen MR) is 130 cm³/mol. The van der Waals surface area contributed by atoms with Crippen LogP contribution in [-0.4, -0.2) is 24.2 Å². The highest BCUT2D eigenvalue weighted by molar-refractivity contribution is 9.10. The van der Waals surface area contributed by atoms with E-state index in [4.69, 9.17) is 32.7 Å². The molecule has 0 atom stereocenters. The molecular formula is C22H16BrCl2N3O5. The molecule has 0 radical (unpaired) electrons. The van der Waals surface area contributed by atoms with Crippen molar-refractivity contribution in [3.8, 4) is 11.5 Å². The van der Waals surface area contributed by atoms with Gasteiger partial charge in [-0.15, -0.1) is 0 Å². The summed E-state index contributed by atoms with van der Waals surface area (Å²) in [5.41, 5.74) is 3.61. The van der Waals surface area contributed by atoms with Gasteiger partial charge >= 0.3 is 0 Å². The molecule has 0 aliphatic rings. The van der Waals surface area contributed by atoms with E-state index in [9.17, 15) is 14.9 Å². The molecule has 3 rings (SSSR count). The molecule has 0 heterocycles. The van der Waals surface area contributed by atoms with Crippen LogP contribution in [0.25, 0.3) is 0 Å². The Morgan fingerprint density at radius 2 is 1.94 bits per heavy atom. The molecule has 0 saturated carbocycles. The number of nitro benzene ring substituents is 1. The van der Waals surface area contributed by atoms with Crippen molar-refractivity contribution >= 4 is 56.9 Å². The zero-order valence-electron chi connectivity index (χ0n) is 17.1. The summed E-state index contributed by atoms with van der Waals surface area (Å²) >= 11 is 15.6.